The number of aromatic nitrogens is 1. The molecule has 0 aliphatic carbocycles. The smallest absolute Gasteiger partial charge is 0.152 e. The third kappa shape index (κ3) is 3.45. The van der Waals surface area contributed by atoms with Crippen molar-refractivity contribution in [1.29, 1.82) is 0 Å². The first-order valence-corrected chi connectivity index (χ1v) is 7.35. The number of carbonyl (C=O) groups is 1. The molecule has 104 valence electrons. The van der Waals surface area contributed by atoms with Crippen LogP contribution in [-0.4, -0.2) is 17.8 Å². The zero-order valence-corrected chi connectivity index (χ0v) is 13.2. The number of benzene rings is 1. The van der Waals surface area contributed by atoms with Gasteiger partial charge in [0.2, 0.25) is 0 Å². The summed E-state index contributed by atoms with van der Waals surface area (Å²) in [6, 6.07) is 11.8. The lowest BCUT2D eigenvalue weighted by molar-refractivity contribution is 0.112. The highest BCUT2D eigenvalue weighted by atomic mass is 79.9. The van der Waals surface area contributed by atoms with Crippen molar-refractivity contribution < 1.29 is 4.79 Å². The third-order valence-electron chi connectivity index (χ3n) is 3.14. The lowest BCUT2D eigenvalue weighted by Gasteiger charge is -2.24. The molecule has 0 saturated heterocycles. The van der Waals surface area contributed by atoms with E-state index in [0.29, 0.717) is 12.1 Å². The van der Waals surface area contributed by atoms with Crippen LogP contribution in [0.15, 0.2) is 40.9 Å². The minimum absolute atomic E-state index is 0.689. The molecule has 2 aromatic rings. The van der Waals surface area contributed by atoms with Crippen LogP contribution in [0.2, 0.25) is 0 Å². The zero-order chi connectivity index (χ0) is 14.5. The molecular weight excluding hydrogens is 316 g/mol. The predicted octanol–water partition coefficient (Wildman–Crippen LogP) is 3.99. The van der Waals surface area contributed by atoms with Crippen LogP contribution in [0.4, 0.5) is 5.69 Å². The topological polar surface area (TPSA) is 33.2 Å². The summed E-state index contributed by atoms with van der Waals surface area (Å²) in [5.41, 5.74) is 3.64. The highest BCUT2D eigenvalue weighted by molar-refractivity contribution is 9.10. The molecule has 0 saturated carbocycles. The monoisotopic (exact) mass is 332 g/mol. The van der Waals surface area contributed by atoms with Crippen molar-refractivity contribution in [1.82, 2.24) is 4.98 Å². The molecule has 0 spiro atoms. The van der Waals surface area contributed by atoms with Crippen LogP contribution in [0, 0.1) is 6.92 Å². The van der Waals surface area contributed by atoms with E-state index in [1.807, 2.05) is 43.3 Å². The average Bonchev–Trinajstić information content (AvgIpc) is 2.45. The number of halogens is 1. The lowest BCUT2D eigenvalue weighted by atomic mass is 10.1. The highest BCUT2D eigenvalue weighted by Gasteiger charge is 2.11. The number of hydrogen-bond acceptors (Lipinski definition) is 3. The summed E-state index contributed by atoms with van der Waals surface area (Å²) in [4.78, 5) is 17.9. The number of aryl methyl sites for hydroxylation is 1. The second-order valence-electron chi connectivity index (χ2n) is 4.61. The van der Waals surface area contributed by atoms with E-state index in [4.69, 9.17) is 0 Å². The molecule has 4 heteroatoms. The summed E-state index contributed by atoms with van der Waals surface area (Å²) in [7, 11) is 0. The molecule has 0 atom stereocenters. The first-order chi connectivity index (χ1) is 9.63. The van der Waals surface area contributed by atoms with Gasteiger partial charge >= 0.3 is 0 Å². The minimum atomic E-state index is 0.689. The van der Waals surface area contributed by atoms with Crippen molar-refractivity contribution in [3.63, 3.8) is 0 Å². The van der Waals surface area contributed by atoms with Gasteiger partial charge in [-0.25, -0.2) is 0 Å². The second kappa shape index (κ2) is 6.66. The molecule has 0 N–H and O–H groups in total. The number of hydrogen-bond donors (Lipinski definition) is 0. The van der Waals surface area contributed by atoms with Crippen LogP contribution in [0.3, 0.4) is 0 Å². The SMILES string of the molecule is CCN(Cc1cccc(C)n1)c1ccc(Br)cc1C=O. The number of pyridine rings is 1. The molecule has 0 aliphatic rings. The van der Waals surface area contributed by atoms with Gasteiger partial charge in [-0.05, 0) is 44.2 Å². The summed E-state index contributed by atoms with van der Waals surface area (Å²) >= 11 is 3.39. The van der Waals surface area contributed by atoms with E-state index >= 15 is 0 Å². The van der Waals surface area contributed by atoms with Gasteiger partial charge in [-0.3, -0.25) is 9.78 Å². The van der Waals surface area contributed by atoms with E-state index in [0.717, 1.165) is 34.4 Å². The van der Waals surface area contributed by atoms with Gasteiger partial charge in [0.1, 0.15) is 0 Å². The Morgan fingerprint density at radius 1 is 1.30 bits per heavy atom. The number of anilines is 1. The van der Waals surface area contributed by atoms with Crippen LogP contribution in [-0.2, 0) is 6.54 Å². The molecular formula is C16H17BrN2O. The molecule has 0 fully saturated rings. The van der Waals surface area contributed by atoms with Crippen molar-refractivity contribution in [2.24, 2.45) is 0 Å². The van der Waals surface area contributed by atoms with Gasteiger partial charge in [0, 0.05) is 28.0 Å². The molecule has 0 bridgehead atoms. The number of aldehydes is 1. The maximum atomic E-state index is 11.2. The van der Waals surface area contributed by atoms with Gasteiger partial charge in [0.25, 0.3) is 0 Å². The fraction of sp³-hybridized carbons (Fsp3) is 0.250. The zero-order valence-electron chi connectivity index (χ0n) is 11.6. The first kappa shape index (κ1) is 14.7. The van der Waals surface area contributed by atoms with E-state index in [1.165, 1.54) is 0 Å². The van der Waals surface area contributed by atoms with Crippen molar-refractivity contribution in [2.45, 2.75) is 20.4 Å². The van der Waals surface area contributed by atoms with Crippen LogP contribution >= 0.6 is 15.9 Å². The summed E-state index contributed by atoms with van der Waals surface area (Å²) in [6.45, 7) is 5.57. The Kier molecular flexibility index (Phi) is 4.90. The standard InChI is InChI=1S/C16H17BrN2O/c1-3-19(10-15-6-4-5-12(2)18-15)16-8-7-14(17)9-13(16)11-20/h4-9,11H,3,10H2,1-2H3. The molecule has 2 rings (SSSR count). The molecule has 1 aromatic heterocycles. The van der Waals surface area contributed by atoms with Crippen LogP contribution < -0.4 is 4.90 Å². The molecule has 0 aliphatic heterocycles. The Hall–Kier alpha value is -1.68. The Labute approximate surface area is 127 Å². The van der Waals surface area contributed by atoms with Crippen LogP contribution in [0.25, 0.3) is 0 Å². The molecule has 20 heavy (non-hydrogen) atoms. The lowest BCUT2D eigenvalue weighted by Crippen LogP contribution is -2.24. The number of rotatable bonds is 5. The predicted molar refractivity (Wildman–Crippen MR) is 85.2 cm³/mol. The van der Waals surface area contributed by atoms with Gasteiger partial charge in [-0.2, -0.15) is 0 Å². The molecule has 3 nitrogen and oxygen atoms in total. The quantitative estimate of drug-likeness (QED) is 0.776. The van der Waals surface area contributed by atoms with Crippen LogP contribution in [0.1, 0.15) is 28.7 Å². The summed E-state index contributed by atoms with van der Waals surface area (Å²) in [5.74, 6) is 0. The minimum Gasteiger partial charge on any atom is -0.365 e. The number of nitrogens with zero attached hydrogens (tertiary/aromatic N) is 2. The maximum absolute atomic E-state index is 11.2. The largest absolute Gasteiger partial charge is 0.365 e. The van der Waals surface area contributed by atoms with E-state index in [1.54, 1.807) is 0 Å². The summed E-state index contributed by atoms with van der Waals surface area (Å²) in [6.07, 6.45) is 0.895. The van der Waals surface area contributed by atoms with Gasteiger partial charge in [0.05, 0.1) is 12.2 Å². The maximum Gasteiger partial charge on any atom is 0.152 e. The van der Waals surface area contributed by atoms with Crippen molar-refractivity contribution >= 4 is 27.9 Å². The summed E-state index contributed by atoms with van der Waals surface area (Å²) < 4.78 is 0.910. The fourth-order valence-corrected chi connectivity index (χ4v) is 2.54. The van der Waals surface area contributed by atoms with Crippen LogP contribution in [0.5, 0.6) is 0 Å². The van der Waals surface area contributed by atoms with E-state index in [-0.39, 0.29) is 0 Å². The normalized spacial score (nSPS) is 10.3. The Morgan fingerprint density at radius 2 is 2.10 bits per heavy atom. The molecule has 0 amide bonds. The van der Waals surface area contributed by atoms with Crippen molar-refractivity contribution in [3.05, 3.63) is 57.8 Å². The summed E-state index contributed by atoms with van der Waals surface area (Å²) in [5, 5.41) is 0. The molecule has 1 aromatic carbocycles. The second-order valence-corrected chi connectivity index (χ2v) is 5.52. The van der Waals surface area contributed by atoms with E-state index in [2.05, 4.69) is 32.7 Å². The Bertz CT molecular complexity index is 613. The van der Waals surface area contributed by atoms with Crippen molar-refractivity contribution in [2.75, 3.05) is 11.4 Å². The molecule has 1 heterocycles. The van der Waals surface area contributed by atoms with E-state index < -0.39 is 0 Å². The number of carbonyl (C=O) groups excluding carboxylic acids is 1. The van der Waals surface area contributed by atoms with Crippen molar-refractivity contribution in [3.8, 4) is 0 Å². The average molecular weight is 333 g/mol. The highest BCUT2D eigenvalue weighted by Crippen LogP contribution is 2.24. The Morgan fingerprint density at radius 3 is 2.75 bits per heavy atom. The Balaban J connectivity index is 2.31. The third-order valence-corrected chi connectivity index (χ3v) is 3.63. The van der Waals surface area contributed by atoms with E-state index in [9.17, 15) is 4.79 Å². The molecule has 0 unspecified atom stereocenters. The van der Waals surface area contributed by atoms with Gasteiger partial charge < -0.3 is 4.90 Å². The molecule has 0 radical (unpaired) electrons. The first-order valence-electron chi connectivity index (χ1n) is 6.56. The van der Waals surface area contributed by atoms with Gasteiger partial charge in [-0.1, -0.05) is 22.0 Å². The fourth-order valence-electron chi connectivity index (χ4n) is 2.16. The van der Waals surface area contributed by atoms with Gasteiger partial charge in [-0.15, -0.1) is 0 Å². The van der Waals surface area contributed by atoms with Gasteiger partial charge in [0.15, 0.2) is 6.29 Å².